The number of nitrogens with zero attached hydrogens (tertiary/aromatic N) is 1. The molecule has 1 heterocycles. The van der Waals surface area contributed by atoms with Gasteiger partial charge in [-0.2, -0.15) is 0 Å². The summed E-state index contributed by atoms with van der Waals surface area (Å²) >= 11 is 0. The number of rotatable bonds is 25. The van der Waals surface area contributed by atoms with Crippen LogP contribution < -0.4 is 21.3 Å². The Labute approximate surface area is 285 Å². The fraction of sp³-hybridized carbons (Fsp3) is 0.811. The van der Waals surface area contributed by atoms with Gasteiger partial charge in [0.25, 0.3) is 0 Å². The summed E-state index contributed by atoms with van der Waals surface area (Å²) in [6.07, 6.45) is 22.4. The van der Waals surface area contributed by atoms with Gasteiger partial charge in [-0.3, -0.25) is 24.0 Å². The maximum Gasteiger partial charge on any atom is 0.245 e. The van der Waals surface area contributed by atoms with Crippen LogP contribution in [0.3, 0.4) is 0 Å². The van der Waals surface area contributed by atoms with Crippen molar-refractivity contribution in [3.63, 3.8) is 0 Å². The highest BCUT2D eigenvalue weighted by atomic mass is 16.2. The van der Waals surface area contributed by atoms with Crippen molar-refractivity contribution in [2.75, 3.05) is 13.1 Å². The predicted molar refractivity (Wildman–Crippen MR) is 189 cm³/mol. The second-order valence-electron chi connectivity index (χ2n) is 13.6. The van der Waals surface area contributed by atoms with E-state index in [1.807, 2.05) is 20.8 Å². The third kappa shape index (κ3) is 17.7. The first-order valence-electron chi connectivity index (χ1n) is 18.7. The third-order valence-corrected chi connectivity index (χ3v) is 8.80. The second-order valence-corrected chi connectivity index (χ2v) is 13.6. The average Bonchev–Trinajstić information content (AvgIpc) is 3.53. The quantitative estimate of drug-likeness (QED) is 0.0736. The van der Waals surface area contributed by atoms with Crippen LogP contribution in [0.25, 0.3) is 0 Å². The van der Waals surface area contributed by atoms with Crippen LogP contribution >= 0.6 is 0 Å². The first kappa shape index (κ1) is 42.1. The third-order valence-electron chi connectivity index (χ3n) is 8.80. The van der Waals surface area contributed by atoms with Crippen LogP contribution in [0.15, 0.2) is 12.2 Å². The number of unbranched alkanes of at least 4 members (excludes halogenated alkanes) is 11. The zero-order chi connectivity index (χ0) is 35.0. The van der Waals surface area contributed by atoms with Gasteiger partial charge in [-0.05, 0) is 71.1 Å². The Morgan fingerprint density at radius 3 is 1.89 bits per heavy atom. The molecule has 1 aliphatic rings. The Bertz CT molecular complexity index is 969. The molecule has 0 aromatic carbocycles. The van der Waals surface area contributed by atoms with E-state index in [4.69, 9.17) is 0 Å². The molecule has 5 amide bonds. The monoisotopic (exact) mass is 662 g/mol. The zero-order valence-electron chi connectivity index (χ0n) is 30.5. The van der Waals surface area contributed by atoms with Gasteiger partial charge in [0.2, 0.25) is 29.5 Å². The molecule has 10 nitrogen and oxygen atoms in total. The summed E-state index contributed by atoms with van der Waals surface area (Å²) in [4.78, 5) is 65.7. The lowest BCUT2D eigenvalue weighted by molar-refractivity contribution is -0.142. The van der Waals surface area contributed by atoms with Crippen molar-refractivity contribution < 1.29 is 24.0 Å². The van der Waals surface area contributed by atoms with Crippen molar-refractivity contribution in [1.82, 2.24) is 26.2 Å². The lowest BCUT2D eigenvalue weighted by Crippen LogP contribution is -2.57. The van der Waals surface area contributed by atoms with E-state index in [1.165, 1.54) is 56.3 Å². The van der Waals surface area contributed by atoms with Gasteiger partial charge in [0.05, 0.1) is 0 Å². The number of allylic oxidation sites excluding steroid dienone is 2. The van der Waals surface area contributed by atoms with E-state index in [-0.39, 0.29) is 29.5 Å². The molecule has 47 heavy (non-hydrogen) atoms. The van der Waals surface area contributed by atoms with Crippen molar-refractivity contribution >= 4 is 29.5 Å². The van der Waals surface area contributed by atoms with E-state index in [0.29, 0.717) is 32.4 Å². The Balaban J connectivity index is 2.33. The largest absolute Gasteiger partial charge is 0.354 e. The first-order chi connectivity index (χ1) is 22.5. The topological polar surface area (TPSA) is 137 Å². The van der Waals surface area contributed by atoms with Crippen LogP contribution in [0.1, 0.15) is 151 Å². The van der Waals surface area contributed by atoms with E-state index in [2.05, 4.69) is 40.3 Å². The van der Waals surface area contributed by atoms with E-state index in [1.54, 1.807) is 13.8 Å². The number of likely N-dealkylation sites (tertiary alicyclic amines) is 1. The van der Waals surface area contributed by atoms with Crippen molar-refractivity contribution in [3.8, 4) is 0 Å². The molecule has 0 spiro atoms. The number of carbonyl (C=O) groups is 5. The molecule has 0 aromatic heterocycles. The van der Waals surface area contributed by atoms with Crippen LogP contribution in [-0.4, -0.2) is 71.7 Å². The molecule has 0 aliphatic carbocycles. The van der Waals surface area contributed by atoms with Gasteiger partial charge < -0.3 is 26.2 Å². The number of hydrogen-bond donors (Lipinski definition) is 4. The van der Waals surface area contributed by atoms with Gasteiger partial charge in [0.1, 0.15) is 24.2 Å². The van der Waals surface area contributed by atoms with Gasteiger partial charge >= 0.3 is 0 Å². The van der Waals surface area contributed by atoms with Crippen LogP contribution in [0.2, 0.25) is 0 Å². The Kier molecular flexibility index (Phi) is 22.5. The highest BCUT2D eigenvalue weighted by Crippen LogP contribution is 2.19. The van der Waals surface area contributed by atoms with Crippen LogP contribution in [0.4, 0.5) is 0 Å². The molecule has 1 fully saturated rings. The zero-order valence-corrected chi connectivity index (χ0v) is 30.5. The summed E-state index contributed by atoms with van der Waals surface area (Å²) in [5.74, 6) is -1.71. The number of carbonyl (C=O) groups excluding carboxylic acids is 5. The molecule has 4 N–H and O–H groups in total. The lowest BCUT2D eigenvalue weighted by atomic mass is 10.0. The van der Waals surface area contributed by atoms with Gasteiger partial charge in [0.15, 0.2) is 0 Å². The number of nitrogens with one attached hydrogen (secondary N) is 4. The lowest BCUT2D eigenvalue weighted by Gasteiger charge is -2.29. The first-order valence-corrected chi connectivity index (χ1v) is 18.7. The minimum atomic E-state index is -0.866. The molecule has 0 saturated carbocycles. The van der Waals surface area contributed by atoms with Gasteiger partial charge in [-0.25, -0.2) is 0 Å². The number of amides is 5. The van der Waals surface area contributed by atoms with Crippen LogP contribution in [0, 0.1) is 5.92 Å². The molecule has 10 heteroatoms. The smallest absolute Gasteiger partial charge is 0.245 e. The van der Waals surface area contributed by atoms with Crippen molar-refractivity contribution in [1.29, 1.82) is 0 Å². The van der Waals surface area contributed by atoms with E-state index >= 15 is 0 Å². The second kappa shape index (κ2) is 25.2. The summed E-state index contributed by atoms with van der Waals surface area (Å²) < 4.78 is 0. The Morgan fingerprint density at radius 2 is 1.30 bits per heavy atom. The van der Waals surface area contributed by atoms with Gasteiger partial charge in [0, 0.05) is 19.5 Å². The molecule has 0 bridgehead atoms. The highest BCUT2D eigenvalue weighted by Gasteiger charge is 2.38. The van der Waals surface area contributed by atoms with Gasteiger partial charge in [-0.1, -0.05) is 91.2 Å². The van der Waals surface area contributed by atoms with E-state index in [9.17, 15) is 24.0 Å². The molecule has 270 valence electrons. The fourth-order valence-corrected chi connectivity index (χ4v) is 5.83. The van der Waals surface area contributed by atoms with Crippen molar-refractivity contribution in [3.05, 3.63) is 12.2 Å². The molecular formula is C37H67N5O5. The van der Waals surface area contributed by atoms with Crippen molar-refractivity contribution in [2.45, 2.75) is 175 Å². The molecule has 0 aromatic rings. The van der Waals surface area contributed by atoms with E-state index < -0.39 is 30.1 Å². The summed E-state index contributed by atoms with van der Waals surface area (Å²) in [6.45, 7) is 12.0. The molecule has 1 aliphatic heterocycles. The molecule has 1 saturated heterocycles. The fourth-order valence-electron chi connectivity index (χ4n) is 5.83. The SMILES string of the molecule is CCCCCCCCC=CCCCCCCCC(=O)NC(C)C(=O)NC(C)C(=O)N1CCCC1C(=O)NC(C(=O)NCCC)C(C)C. The number of hydrogen-bond acceptors (Lipinski definition) is 5. The molecule has 0 radical (unpaired) electrons. The predicted octanol–water partition coefficient (Wildman–Crippen LogP) is 5.69. The summed E-state index contributed by atoms with van der Waals surface area (Å²) in [7, 11) is 0. The molecular weight excluding hydrogens is 594 g/mol. The van der Waals surface area contributed by atoms with Gasteiger partial charge in [-0.15, -0.1) is 0 Å². The van der Waals surface area contributed by atoms with Crippen LogP contribution in [-0.2, 0) is 24.0 Å². The summed E-state index contributed by atoms with van der Waals surface area (Å²) in [5.41, 5.74) is 0. The van der Waals surface area contributed by atoms with Crippen LogP contribution in [0.5, 0.6) is 0 Å². The minimum Gasteiger partial charge on any atom is -0.354 e. The van der Waals surface area contributed by atoms with Crippen molar-refractivity contribution in [2.24, 2.45) is 5.92 Å². The normalized spacial score (nSPS) is 16.6. The maximum absolute atomic E-state index is 13.3. The Morgan fingerprint density at radius 1 is 0.702 bits per heavy atom. The molecule has 4 atom stereocenters. The van der Waals surface area contributed by atoms with E-state index in [0.717, 1.165) is 38.5 Å². The summed E-state index contributed by atoms with van der Waals surface area (Å²) in [6, 6.07) is -3.05. The summed E-state index contributed by atoms with van der Waals surface area (Å²) in [5, 5.41) is 11.1. The highest BCUT2D eigenvalue weighted by molar-refractivity contribution is 5.95. The minimum absolute atomic E-state index is 0.117. The average molecular weight is 662 g/mol. The Hall–Kier alpha value is -2.91. The maximum atomic E-state index is 13.3. The molecule has 1 rings (SSSR count). The standard InChI is InChI=1S/C37H67N5O5/c1-7-9-10-11-12-13-14-15-16-17-18-19-20-21-22-25-32(43)39-29(5)34(44)40-30(6)37(47)42-27-23-24-31(42)35(45)41-33(28(3)4)36(46)38-26-8-2/h15-16,28-31,33H,7-14,17-27H2,1-6H3,(H,38,46)(H,39,43)(H,40,44)(H,41,45). The molecule has 4 unspecified atom stereocenters.